The van der Waals surface area contributed by atoms with Gasteiger partial charge in [0.25, 0.3) is 0 Å². The van der Waals surface area contributed by atoms with Crippen molar-refractivity contribution >= 4 is 27.8 Å². The van der Waals surface area contributed by atoms with Crippen LogP contribution in [0.4, 0.5) is 4.79 Å². The Morgan fingerprint density at radius 1 is 1.09 bits per heavy atom. The molecule has 2 aromatic carbocycles. The fourth-order valence-electron chi connectivity index (χ4n) is 4.59. The summed E-state index contributed by atoms with van der Waals surface area (Å²) in [5.74, 6) is -2.16. The van der Waals surface area contributed by atoms with Gasteiger partial charge < -0.3 is 20.1 Å². The fraction of sp³-hybridized carbons (Fsp3) is 0.375. The zero-order chi connectivity index (χ0) is 24.5. The summed E-state index contributed by atoms with van der Waals surface area (Å²) in [6.07, 6.45) is -1.32. The van der Waals surface area contributed by atoms with Gasteiger partial charge in [-0.2, -0.15) is 0 Å². The second-order valence-electron chi connectivity index (χ2n) is 8.56. The quantitative estimate of drug-likeness (QED) is 0.639. The van der Waals surface area contributed by atoms with Crippen LogP contribution in [0.25, 0.3) is 11.1 Å². The number of sulfone groups is 1. The van der Waals surface area contributed by atoms with Gasteiger partial charge in [0.2, 0.25) is 5.91 Å². The maximum absolute atomic E-state index is 12.8. The zero-order valence-corrected chi connectivity index (χ0v) is 19.5. The minimum absolute atomic E-state index is 0.0476. The lowest BCUT2D eigenvalue weighted by molar-refractivity contribution is -0.138. The number of nitrogens with zero attached hydrogens (tertiary/aromatic N) is 1. The molecule has 9 nitrogen and oxygen atoms in total. The Kier molecular flexibility index (Phi) is 6.60. The van der Waals surface area contributed by atoms with Gasteiger partial charge >= 0.3 is 12.1 Å². The van der Waals surface area contributed by atoms with Gasteiger partial charge in [-0.3, -0.25) is 9.59 Å². The Balaban J connectivity index is 1.36. The molecule has 180 valence electrons. The monoisotopic (exact) mass is 486 g/mol. The van der Waals surface area contributed by atoms with E-state index in [0.717, 1.165) is 22.3 Å². The van der Waals surface area contributed by atoms with E-state index in [-0.39, 0.29) is 31.4 Å². The van der Waals surface area contributed by atoms with Crippen LogP contribution in [0.2, 0.25) is 0 Å². The molecule has 2 N–H and O–H groups in total. The summed E-state index contributed by atoms with van der Waals surface area (Å²) < 4.78 is 29.7. The van der Waals surface area contributed by atoms with Gasteiger partial charge in [0, 0.05) is 19.0 Å². The van der Waals surface area contributed by atoms with Gasteiger partial charge in [-0.15, -0.1) is 0 Å². The Morgan fingerprint density at radius 3 is 2.26 bits per heavy atom. The SMILES string of the molecule is C[C@H](NC(=O)OCC1c2ccccc2-c2ccccc21)C(=O)N1CCS(=O)(=O)C(CC(=O)O)C1. The maximum atomic E-state index is 12.8. The first kappa shape index (κ1) is 23.7. The van der Waals surface area contributed by atoms with E-state index in [1.54, 1.807) is 0 Å². The third-order valence-electron chi connectivity index (χ3n) is 6.34. The number of aliphatic carboxylic acids is 1. The molecule has 0 radical (unpaired) electrons. The highest BCUT2D eigenvalue weighted by molar-refractivity contribution is 7.92. The molecule has 10 heteroatoms. The Labute approximate surface area is 197 Å². The van der Waals surface area contributed by atoms with Crippen LogP contribution in [0.5, 0.6) is 0 Å². The zero-order valence-electron chi connectivity index (χ0n) is 18.6. The average molecular weight is 487 g/mol. The van der Waals surface area contributed by atoms with E-state index in [1.165, 1.54) is 11.8 Å². The topological polar surface area (TPSA) is 130 Å². The third kappa shape index (κ3) is 4.77. The standard InChI is InChI=1S/C24H26N2O7S/c1-15(23(29)26-10-11-34(31,32)16(13-26)12-22(27)28)25-24(30)33-14-21-19-8-4-2-6-17(19)18-7-3-5-9-20(18)21/h2-9,15-16,21H,10-14H2,1H3,(H,25,30)(H,27,28)/t15-,16?/m0/s1. The van der Waals surface area contributed by atoms with Gasteiger partial charge in [-0.1, -0.05) is 48.5 Å². The smallest absolute Gasteiger partial charge is 0.407 e. The molecule has 2 aromatic rings. The number of hydrogen-bond donors (Lipinski definition) is 2. The van der Waals surface area contributed by atoms with E-state index in [2.05, 4.69) is 5.32 Å². The molecule has 0 saturated carbocycles. The molecule has 1 saturated heterocycles. The average Bonchev–Trinajstić information content (AvgIpc) is 3.12. The lowest BCUT2D eigenvalue weighted by Gasteiger charge is -2.33. The fourth-order valence-corrected chi connectivity index (χ4v) is 6.21. The molecule has 1 aliphatic heterocycles. The van der Waals surface area contributed by atoms with E-state index < -0.39 is 45.5 Å². The summed E-state index contributed by atoms with van der Waals surface area (Å²) in [7, 11) is -3.59. The molecule has 1 fully saturated rings. The van der Waals surface area contributed by atoms with Crippen LogP contribution in [0.15, 0.2) is 48.5 Å². The van der Waals surface area contributed by atoms with Crippen LogP contribution < -0.4 is 5.32 Å². The molecule has 34 heavy (non-hydrogen) atoms. The summed E-state index contributed by atoms with van der Waals surface area (Å²) in [5.41, 5.74) is 4.34. The number of hydrogen-bond acceptors (Lipinski definition) is 6. The number of nitrogens with one attached hydrogen (secondary N) is 1. The number of carboxylic acids is 1. The predicted molar refractivity (Wildman–Crippen MR) is 124 cm³/mol. The molecule has 2 atom stereocenters. The van der Waals surface area contributed by atoms with E-state index in [9.17, 15) is 22.8 Å². The van der Waals surface area contributed by atoms with Crippen molar-refractivity contribution in [3.63, 3.8) is 0 Å². The van der Waals surface area contributed by atoms with Crippen LogP contribution in [0.3, 0.4) is 0 Å². The molecule has 1 aliphatic carbocycles. The highest BCUT2D eigenvalue weighted by Gasteiger charge is 2.37. The van der Waals surface area contributed by atoms with Crippen LogP contribution >= 0.6 is 0 Å². The second kappa shape index (κ2) is 9.46. The van der Waals surface area contributed by atoms with E-state index in [4.69, 9.17) is 9.84 Å². The highest BCUT2D eigenvalue weighted by atomic mass is 32.2. The van der Waals surface area contributed by atoms with Crippen LogP contribution in [-0.4, -0.2) is 73.1 Å². The summed E-state index contributed by atoms with van der Waals surface area (Å²) in [6, 6.07) is 14.9. The number of rotatable bonds is 6. The summed E-state index contributed by atoms with van der Waals surface area (Å²) in [6.45, 7) is 1.32. The molecular formula is C24H26N2O7S. The highest BCUT2D eigenvalue weighted by Crippen LogP contribution is 2.44. The van der Waals surface area contributed by atoms with Crippen LogP contribution in [-0.2, 0) is 24.2 Å². The summed E-state index contributed by atoms with van der Waals surface area (Å²) in [5, 5.41) is 10.3. The van der Waals surface area contributed by atoms with Crippen LogP contribution in [0.1, 0.15) is 30.4 Å². The summed E-state index contributed by atoms with van der Waals surface area (Å²) >= 11 is 0. The normalized spacial score (nSPS) is 19.6. The first-order valence-corrected chi connectivity index (χ1v) is 12.7. The molecule has 2 aliphatic rings. The van der Waals surface area contributed by atoms with Crippen LogP contribution in [0, 0.1) is 0 Å². The predicted octanol–water partition coefficient (Wildman–Crippen LogP) is 2.01. The summed E-state index contributed by atoms with van der Waals surface area (Å²) in [4.78, 5) is 37.5. The number of ether oxygens (including phenoxy) is 1. The maximum Gasteiger partial charge on any atom is 0.407 e. The van der Waals surface area contributed by atoms with Crippen molar-refractivity contribution in [3.05, 3.63) is 59.7 Å². The molecule has 0 aromatic heterocycles. The van der Waals surface area contributed by atoms with Gasteiger partial charge in [-0.25, -0.2) is 13.2 Å². The lowest BCUT2D eigenvalue weighted by atomic mass is 9.98. The molecule has 2 amide bonds. The third-order valence-corrected chi connectivity index (χ3v) is 8.42. The minimum atomic E-state index is -3.59. The number of fused-ring (bicyclic) bond motifs is 3. The van der Waals surface area contributed by atoms with Crippen molar-refractivity contribution < 1.29 is 32.6 Å². The van der Waals surface area contributed by atoms with Crippen molar-refractivity contribution in [1.29, 1.82) is 0 Å². The molecule has 1 unspecified atom stereocenters. The minimum Gasteiger partial charge on any atom is -0.481 e. The largest absolute Gasteiger partial charge is 0.481 e. The van der Waals surface area contributed by atoms with Gasteiger partial charge in [0.05, 0.1) is 17.4 Å². The van der Waals surface area contributed by atoms with E-state index >= 15 is 0 Å². The van der Waals surface area contributed by atoms with Crippen molar-refractivity contribution in [1.82, 2.24) is 10.2 Å². The number of carbonyl (C=O) groups is 3. The molecule has 0 spiro atoms. The first-order valence-electron chi connectivity index (χ1n) is 11.0. The number of alkyl carbamates (subject to hydrolysis) is 1. The van der Waals surface area contributed by atoms with Crippen molar-refractivity contribution in [2.75, 3.05) is 25.4 Å². The van der Waals surface area contributed by atoms with E-state index in [0.29, 0.717) is 0 Å². The van der Waals surface area contributed by atoms with E-state index in [1.807, 2.05) is 48.5 Å². The molecule has 4 rings (SSSR count). The lowest BCUT2D eigenvalue weighted by Crippen LogP contribution is -2.55. The Bertz CT molecular complexity index is 1180. The second-order valence-corrected chi connectivity index (χ2v) is 11.0. The number of amides is 2. The van der Waals surface area contributed by atoms with Gasteiger partial charge in [0.1, 0.15) is 12.6 Å². The number of carboxylic acid groups (broad SMARTS) is 1. The van der Waals surface area contributed by atoms with Crippen molar-refractivity contribution in [3.8, 4) is 11.1 Å². The Hall–Kier alpha value is -3.40. The molecular weight excluding hydrogens is 460 g/mol. The Morgan fingerprint density at radius 2 is 1.68 bits per heavy atom. The molecule has 1 heterocycles. The van der Waals surface area contributed by atoms with Crippen molar-refractivity contribution in [2.24, 2.45) is 0 Å². The number of benzene rings is 2. The van der Waals surface area contributed by atoms with Crippen molar-refractivity contribution in [2.45, 2.75) is 30.6 Å². The molecule has 0 bridgehead atoms. The van der Waals surface area contributed by atoms with Gasteiger partial charge in [-0.05, 0) is 29.2 Å². The van der Waals surface area contributed by atoms with Gasteiger partial charge in [0.15, 0.2) is 9.84 Å². The first-order chi connectivity index (χ1) is 16.2. The number of carbonyl (C=O) groups excluding carboxylic acids is 2.